The van der Waals surface area contributed by atoms with Gasteiger partial charge in [0.05, 0.1) is 18.4 Å². The maximum absolute atomic E-state index is 14.7. The zero-order valence-corrected chi connectivity index (χ0v) is 34.3. The molecule has 2 aliphatic heterocycles. The van der Waals surface area contributed by atoms with E-state index in [0.29, 0.717) is 63.5 Å². The first-order valence-corrected chi connectivity index (χ1v) is 21.2. The molecule has 0 spiro atoms. The fourth-order valence-corrected chi connectivity index (χ4v) is 9.70. The van der Waals surface area contributed by atoms with Crippen molar-refractivity contribution in [3.63, 3.8) is 0 Å². The predicted octanol–water partition coefficient (Wildman–Crippen LogP) is 5.30. The summed E-state index contributed by atoms with van der Waals surface area (Å²) in [6.45, 7) is 6.55. The monoisotopic (exact) mass is 835 g/mol. The van der Waals surface area contributed by atoms with E-state index in [4.69, 9.17) is 14.2 Å². The molecule has 0 bridgehead atoms. The Morgan fingerprint density at radius 1 is 1.10 bits per heavy atom. The highest BCUT2D eigenvalue weighted by Gasteiger charge is 2.63. The van der Waals surface area contributed by atoms with Crippen LogP contribution >= 0.6 is 0 Å². The molecule has 6 rings (SSSR count). The zero-order valence-electron chi connectivity index (χ0n) is 33.5. The maximum atomic E-state index is 14.7. The van der Waals surface area contributed by atoms with Crippen LogP contribution in [0.15, 0.2) is 42.6 Å². The Labute approximate surface area is 336 Å². The second-order valence-electron chi connectivity index (χ2n) is 16.8. The first-order chi connectivity index (χ1) is 27.2. The number of methoxy groups -OCH3 is 1. The average molecular weight is 836 g/mol. The van der Waals surface area contributed by atoms with Gasteiger partial charge in [0.1, 0.15) is 29.5 Å². The number of carbonyl (C=O) groups is 4. The number of ether oxygens (including phenoxy) is 3. The highest BCUT2D eigenvalue weighted by Crippen LogP contribution is 2.49. The van der Waals surface area contributed by atoms with E-state index in [2.05, 4.69) is 20.3 Å². The van der Waals surface area contributed by atoms with Gasteiger partial charge in [-0.3, -0.25) is 19.1 Å². The molecule has 4 amide bonds. The lowest BCUT2D eigenvalue weighted by molar-refractivity contribution is -0.244. The lowest BCUT2D eigenvalue weighted by Gasteiger charge is -2.34. The number of allylic oxidation sites excluding steroid dienone is 1. The number of hydrogen-bond acceptors (Lipinski definition) is 10. The number of alkyl carbamates (subject to hydrolysis) is 1. The number of aromatic nitrogens is 1. The van der Waals surface area contributed by atoms with Gasteiger partial charge in [0, 0.05) is 23.9 Å². The Hall–Kier alpha value is -4.61. The van der Waals surface area contributed by atoms with Crippen LogP contribution in [0.1, 0.15) is 86.0 Å². The summed E-state index contributed by atoms with van der Waals surface area (Å²) in [5.41, 5.74) is -4.52. The average Bonchev–Trinajstić information content (AvgIpc) is 4.05. The summed E-state index contributed by atoms with van der Waals surface area (Å²) in [5.74, 6) is -2.84. The van der Waals surface area contributed by atoms with E-state index < -0.39 is 85.9 Å². The molecule has 3 N–H and O–H groups in total. The van der Waals surface area contributed by atoms with Crippen LogP contribution in [0.25, 0.3) is 10.8 Å². The first kappa shape index (κ1) is 43.0. The summed E-state index contributed by atoms with van der Waals surface area (Å²) in [4.78, 5) is 62.0. The largest absolute Gasteiger partial charge is 0.497 e. The van der Waals surface area contributed by atoms with Crippen molar-refractivity contribution in [1.82, 2.24) is 25.2 Å². The Balaban J connectivity index is 1.35. The summed E-state index contributed by atoms with van der Waals surface area (Å²) >= 11 is 0. The van der Waals surface area contributed by atoms with Crippen molar-refractivity contribution in [1.29, 1.82) is 0 Å². The second-order valence-corrected chi connectivity index (χ2v) is 18.8. The van der Waals surface area contributed by atoms with Gasteiger partial charge in [-0.2, -0.15) is 13.2 Å². The highest BCUT2D eigenvalue weighted by molar-refractivity contribution is 7.91. The summed E-state index contributed by atoms with van der Waals surface area (Å²) < 4.78 is 85.7. The number of fused-ring (bicyclic) bond motifs is 3. The van der Waals surface area contributed by atoms with E-state index in [1.165, 1.54) is 18.2 Å². The van der Waals surface area contributed by atoms with Crippen LogP contribution in [0.5, 0.6) is 11.6 Å². The molecular formula is C40H52F3N5O9S. The van der Waals surface area contributed by atoms with Gasteiger partial charge in [-0.05, 0) is 100 Å². The van der Waals surface area contributed by atoms with Gasteiger partial charge in [-0.15, -0.1) is 0 Å². The number of rotatable bonds is 9. The van der Waals surface area contributed by atoms with Gasteiger partial charge in [-0.25, -0.2) is 18.2 Å². The molecule has 3 fully saturated rings. The minimum absolute atomic E-state index is 0.0352. The molecular weight excluding hydrogens is 784 g/mol. The van der Waals surface area contributed by atoms with Gasteiger partial charge in [0.25, 0.3) is 5.91 Å². The summed E-state index contributed by atoms with van der Waals surface area (Å²) in [7, 11) is -2.55. The third-order valence-corrected chi connectivity index (χ3v) is 14.5. The molecule has 1 aromatic carbocycles. The van der Waals surface area contributed by atoms with Crippen molar-refractivity contribution >= 4 is 44.6 Å². The first-order valence-electron chi connectivity index (χ1n) is 19.7. The molecule has 1 aromatic heterocycles. The van der Waals surface area contributed by atoms with E-state index >= 15 is 0 Å². The number of sulfonamides is 1. The van der Waals surface area contributed by atoms with Crippen molar-refractivity contribution in [2.45, 2.75) is 126 Å². The molecule has 0 radical (unpaired) electrons. The van der Waals surface area contributed by atoms with Crippen LogP contribution in [-0.4, -0.2) is 96.0 Å². The fraction of sp³-hybridized carbons (Fsp3) is 0.625. The van der Waals surface area contributed by atoms with Crippen LogP contribution in [0.3, 0.4) is 0 Å². The molecule has 18 heteroatoms. The minimum Gasteiger partial charge on any atom is -0.497 e. The molecule has 2 aliphatic carbocycles. The van der Waals surface area contributed by atoms with Crippen molar-refractivity contribution in [3.05, 3.63) is 42.6 Å². The third-order valence-electron chi connectivity index (χ3n) is 12.2. The number of amides is 4. The predicted molar refractivity (Wildman–Crippen MR) is 206 cm³/mol. The molecule has 58 heavy (non-hydrogen) atoms. The number of hydrogen-bond donors (Lipinski definition) is 3. The van der Waals surface area contributed by atoms with Gasteiger partial charge >= 0.3 is 12.3 Å². The van der Waals surface area contributed by atoms with Gasteiger partial charge in [-0.1, -0.05) is 32.9 Å². The zero-order chi connectivity index (χ0) is 42.4. The van der Waals surface area contributed by atoms with Crippen molar-refractivity contribution < 1.29 is 55.0 Å². The molecule has 4 aliphatic rings. The smallest absolute Gasteiger partial charge is 0.427 e. The SMILES string of the molecule is CCC1(S(=O)(=O)NC(=O)[C@@]23C[C@H]2/C=C\CC[C@@H](C)C[C@@H](C)[C@H](NC(=O)OC(C)(C)C(F)(F)F)C(=O)N2C[C@H](Oc4nccc5cc(OC)ccc45)C[C@H]2C(=O)N3)CC1. The number of nitrogens with zero attached hydrogens (tertiary/aromatic N) is 2. The van der Waals surface area contributed by atoms with Crippen LogP contribution in [0.2, 0.25) is 0 Å². The Bertz CT molecular complexity index is 2070. The molecule has 2 aromatic rings. The van der Waals surface area contributed by atoms with E-state index in [-0.39, 0.29) is 31.2 Å². The van der Waals surface area contributed by atoms with E-state index in [1.807, 2.05) is 13.0 Å². The van der Waals surface area contributed by atoms with Crippen molar-refractivity contribution in [3.8, 4) is 11.6 Å². The fourth-order valence-electron chi connectivity index (χ4n) is 8.04. The van der Waals surface area contributed by atoms with Gasteiger partial charge in [0.2, 0.25) is 33.3 Å². The number of halogens is 3. The lowest BCUT2D eigenvalue weighted by Crippen LogP contribution is -2.60. The number of pyridine rings is 1. The number of alkyl halides is 3. The van der Waals surface area contributed by atoms with Crippen molar-refractivity contribution in [2.75, 3.05) is 13.7 Å². The highest BCUT2D eigenvalue weighted by atomic mass is 32.2. The number of carbonyl (C=O) groups excluding carboxylic acids is 4. The molecule has 1 saturated heterocycles. The molecule has 14 nitrogen and oxygen atoms in total. The van der Waals surface area contributed by atoms with E-state index in [0.717, 1.165) is 5.39 Å². The van der Waals surface area contributed by atoms with Crippen LogP contribution in [-0.2, 0) is 29.1 Å². The van der Waals surface area contributed by atoms with Crippen molar-refractivity contribution in [2.24, 2.45) is 17.8 Å². The van der Waals surface area contributed by atoms with Crippen LogP contribution < -0.4 is 24.8 Å². The molecule has 0 unspecified atom stereocenters. The quantitative estimate of drug-likeness (QED) is 0.281. The van der Waals surface area contributed by atoms with E-state index in [1.54, 1.807) is 44.2 Å². The summed E-state index contributed by atoms with van der Waals surface area (Å²) in [6, 6.07) is 4.27. The normalized spacial score (nSPS) is 29.4. The van der Waals surface area contributed by atoms with E-state index in [9.17, 15) is 40.8 Å². The Morgan fingerprint density at radius 2 is 1.83 bits per heavy atom. The molecule has 7 atom stereocenters. The number of nitrogens with one attached hydrogen (secondary N) is 3. The molecule has 3 heterocycles. The van der Waals surface area contributed by atoms with Crippen LogP contribution in [0.4, 0.5) is 18.0 Å². The Kier molecular flexibility index (Phi) is 11.8. The van der Waals surface area contributed by atoms with Gasteiger partial charge in [0.15, 0.2) is 0 Å². The van der Waals surface area contributed by atoms with Crippen LogP contribution in [0, 0.1) is 17.8 Å². The second kappa shape index (κ2) is 15.9. The molecule has 2 saturated carbocycles. The summed E-state index contributed by atoms with van der Waals surface area (Å²) in [6.07, 6.45) is 0.603. The summed E-state index contributed by atoms with van der Waals surface area (Å²) in [5, 5.41) is 6.55. The maximum Gasteiger partial charge on any atom is 0.427 e. The minimum atomic E-state index is -4.91. The number of benzene rings is 1. The standard InChI is InChI=1S/C40H52F3N5O9S/c1-7-38(15-16-38)58(53,54)47-35(51)39-21-26(39)11-9-8-10-23(2)18-24(3)31(45-36(52)57-37(4,5)40(41,42)43)34(50)48-22-28(20-30(48)32(49)46-39)56-33-29-13-12-27(55-6)19-25(29)14-17-44-33/h9,11-14,17,19,23-24,26,28,30-31H,7-8,10,15-16,18,20-22H2,1-6H3,(H,45,52)(H,46,49)(H,47,51)/b11-9-/t23-,24-,26-,28-,30+,31+,39-/m1/s1. The molecule has 318 valence electrons. The third kappa shape index (κ3) is 8.57. The topological polar surface area (TPSA) is 182 Å². The van der Waals surface area contributed by atoms with Gasteiger partial charge < -0.3 is 29.7 Å². The Morgan fingerprint density at radius 3 is 2.48 bits per heavy atom. The lowest BCUT2D eigenvalue weighted by atomic mass is 9.88.